The summed E-state index contributed by atoms with van der Waals surface area (Å²) < 4.78 is 19.0. The molecule has 5 nitrogen and oxygen atoms in total. The number of halogens is 1. The van der Waals surface area contributed by atoms with Gasteiger partial charge in [0.1, 0.15) is 5.82 Å². The monoisotopic (exact) mass is 294 g/mol. The Morgan fingerprint density at radius 2 is 2.10 bits per heavy atom. The number of aliphatic imine (C=N–C) groups is 1. The highest BCUT2D eigenvalue weighted by Gasteiger charge is 2.12. The molecule has 0 spiro atoms. The van der Waals surface area contributed by atoms with Gasteiger partial charge in [-0.05, 0) is 31.8 Å². The molecule has 1 aliphatic rings. The van der Waals surface area contributed by atoms with Gasteiger partial charge in [-0.3, -0.25) is 0 Å². The van der Waals surface area contributed by atoms with Crippen molar-refractivity contribution in [3.05, 3.63) is 35.1 Å². The van der Waals surface area contributed by atoms with E-state index in [9.17, 15) is 4.39 Å². The van der Waals surface area contributed by atoms with Gasteiger partial charge in [0.2, 0.25) is 0 Å². The predicted octanol–water partition coefficient (Wildman–Crippen LogP) is 1.03. The highest BCUT2D eigenvalue weighted by Crippen LogP contribution is 2.13. The first-order chi connectivity index (χ1) is 10.1. The molecule has 116 valence electrons. The fourth-order valence-corrected chi connectivity index (χ4v) is 2.25. The quantitative estimate of drug-likeness (QED) is 0.666. The molecular formula is C15H23FN4O. The van der Waals surface area contributed by atoms with E-state index in [1.165, 1.54) is 6.07 Å². The SMILES string of the molecule is CN(C)Cc1cc(CN=C(N)N2CCOCC2)ccc1F. The third-order valence-electron chi connectivity index (χ3n) is 3.36. The van der Waals surface area contributed by atoms with Crippen LogP contribution in [0.2, 0.25) is 0 Å². The maximum absolute atomic E-state index is 13.7. The lowest BCUT2D eigenvalue weighted by Crippen LogP contribution is -2.44. The molecule has 1 aliphatic heterocycles. The van der Waals surface area contributed by atoms with Crippen molar-refractivity contribution in [2.75, 3.05) is 40.4 Å². The zero-order valence-electron chi connectivity index (χ0n) is 12.7. The van der Waals surface area contributed by atoms with Crippen LogP contribution in [0.15, 0.2) is 23.2 Å². The van der Waals surface area contributed by atoms with E-state index in [4.69, 9.17) is 10.5 Å². The Labute approximate surface area is 125 Å². The minimum atomic E-state index is -0.183. The molecule has 2 N–H and O–H groups in total. The molecule has 1 aromatic rings. The number of benzene rings is 1. The van der Waals surface area contributed by atoms with Gasteiger partial charge in [-0.25, -0.2) is 9.38 Å². The van der Waals surface area contributed by atoms with E-state index in [2.05, 4.69) is 4.99 Å². The number of rotatable bonds is 4. The molecule has 2 rings (SSSR count). The fraction of sp³-hybridized carbons (Fsp3) is 0.533. The smallest absolute Gasteiger partial charge is 0.191 e. The molecule has 0 aliphatic carbocycles. The predicted molar refractivity (Wildman–Crippen MR) is 81.5 cm³/mol. The summed E-state index contributed by atoms with van der Waals surface area (Å²) in [4.78, 5) is 8.34. The fourth-order valence-electron chi connectivity index (χ4n) is 2.25. The zero-order valence-corrected chi connectivity index (χ0v) is 12.7. The Kier molecular flexibility index (Phi) is 5.52. The van der Waals surface area contributed by atoms with Crippen molar-refractivity contribution in [2.24, 2.45) is 10.7 Å². The molecule has 0 aromatic heterocycles. The van der Waals surface area contributed by atoms with Gasteiger partial charge in [0.25, 0.3) is 0 Å². The van der Waals surface area contributed by atoms with Gasteiger partial charge in [-0.1, -0.05) is 6.07 Å². The average Bonchev–Trinajstić information content (AvgIpc) is 2.48. The second-order valence-electron chi connectivity index (χ2n) is 5.44. The summed E-state index contributed by atoms with van der Waals surface area (Å²) in [5.41, 5.74) is 7.62. The molecule has 1 heterocycles. The Morgan fingerprint density at radius 3 is 2.76 bits per heavy atom. The first-order valence-electron chi connectivity index (χ1n) is 7.11. The van der Waals surface area contributed by atoms with E-state index in [0.717, 1.165) is 18.7 Å². The maximum atomic E-state index is 13.7. The summed E-state index contributed by atoms with van der Waals surface area (Å²) in [5, 5.41) is 0. The molecular weight excluding hydrogens is 271 g/mol. The van der Waals surface area contributed by atoms with Crippen LogP contribution in [0.4, 0.5) is 4.39 Å². The topological polar surface area (TPSA) is 54.1 Å². The maximum Gasteiger partial charge on any atom is 0.191 e. The second kappa shape index (κ2) is 7.38. The third-order valence-corrected chi connectivity index (χ3v) is 3.36. The van der Waals surface area contributed by atoms with Crippen molar-refractivity contribution >= 4 is 5.96 Å². The number of ether oxygens (including phenoxy) is 1. The van der Waals surface area contributed by atoms with Crippen LogP contribution in [0.5, 0.6) is 0 Å². The van der Waals surface area contributed by atoms with Crippen molar-refractivity contribution in [3.63, 3.8) is 0 Å². The van der Waals surface area contributed by atoms with Gasteiger partial charge < -0.3 is 20.3 Å². The molecule has 0 amide bonds. The standard InChI is InChI=1S/C15H23FN4O/c1-19(2)11-13-9-12(3-4-14(13)16)10-18-15(17)20-5-7-21-8-6-20/h3-4,9H,5-8,10-11H2,1-2H3,(H2,17,18). The minimum Gasteiger partial charge on any atom is -0.378 e. The number of nitrogens with two attached hydrogens (primary N) is 1. The number of hydrogen-bond donors (Lipinski definition) is 1. The molecule has 1 aromatic carbocycles. The number of guanidine groups is 1. The summed E-state index contributed by atoms with van der Waals surface area (Å²) >= 11 is 0. The number of nitrogens with zero attached hydrogens (tertiary/aromatic N) is 3. The summed E-state index contributed by atoms with van der Waals surface area (Å²) in [6.07, 6.45) is 0. The van der Waals surface area contributed by atoms with E-state index in [1.54, 1.807) is 6.07 Å². The van der Waals surface area contributed by atoms with Gasteiger partial charge in [0.05, 0.1) is 19.8 Å². The highest BCUT2D eigenvalue weighted by atomic mass is 19.1. The molecule has 0 atom stereocenters. The van der Waals surface area contributed by atoms with Crippen molar-refractivity contribution in [1.82, 2.24) is 9.80 Å². The lowest BCUT2D eigenvalue weighted by molar-refractivity contribution is 0.0674. The molecule has 21 heavy (non-hydrogen) atoms. The molecule has 1 fully saturated rings. The van der Waals surface area contributed by atoms with Gasteiger partial charge in [-0.2, -0.15) is 0 Å². The normalized spacial score (nSPS) is 16.6. The molecule has 6 heteroatoms. The third kappa shape index (κ3) is 4.68. The summed E-state index contributed by atoms with van der Waals surface area (Å²) in [6, 6.07) is 5.10. The lowest BCUT2D eigenvalue weighted by Gasteiger charge is -2.27. The molecule has 0 saturated carbocycles. The Balaban J connectivity index is 2.01. The lowest BCUT2D eigenvalue weighted by atomic mass is 10.1. The van der Waals surface area contributed by atoms with Crippen LogP contribution in [0.1, 0.15) is 11.1 Å². The summed E-state index contributed by atoms with van der Waals surface area (Å²) in [6.45, 7) is 3.93. The van der Waals surface area contributed by atoms with Gasteiger partial charge in [0.15, 0.2) is 5.96 Å². The van der Waals surface area contributed by atoms with E-state index in [-0.39, 0.29) is 5.82 Å². The van der Waals surface area contributed by atoms with Crippen molar-refractivity contribution in [2.45, 2.75) is 13.1 Å². The number of morpholine rings is 1. The van der Waals surface area contributed by atoms with E-state index in [0.29, 0.717) is 37.8 Å². The highest BCUT2D eigenvalue weighted by molar-refractivity contribution is 5.78. The molecule has 0 unspecified atom stereocenters. The van der Waals surface area contributed by atoms with Crippen molar-refractivity contribution < 1.29 is 9.13 Å². The van der Waals surface area contributed by atoms with E-state index < -0.39 is 0 Å². The van der Waals surface area contributed by atoms with Crippen LogP contribution in [0.25, 0.3) is 0 Å². The van der Waals surface area contributed by atoms with Crippen molar-refractivity contribution in [3.8, 4) is 0 Å². The van der Waals surface area contributed by atoms with E-state index in [1.807, 2.05) is 30.0 Å². The minimum absolute atomic E-state index is 0.183. The molecule has 1 saturated heterocycles. The summed E-state index contributed by atoms with van der Waals surface area (Å²) in [7, 11) is 3.83. The largest absolute Gasteiger partial charge is 0.378 e. The van der Waals surface area contributed by atoms with Gasteiger partial charge in [0, 0.05) is 25.2 Å². The van der Waals surface area contributed by atoms with Gasteiger partial charge >= 0.3 is 0 Å². The Morgan fingerprint density at radius 1 is 1.38 bits per heavy atom. The average molecular weight is 294 g/mol. The van der Waals surface area contributed by atoms with Crippen LogP contribution >= 0.6 is 0 Å². The first-order valence-corrected chi connectivity index (χ1v) is 7.11. The molecule has 0 bridgehead atoms. The van der Waals surface area contributed by atoms with E-state index >= 15 is 0 Å². The summed E-state index contributed by atoms with van der Waals surface area (Å²) in [5.74, 6) is 0.342. The van der Waals surface area contributed by atoms with Crippen LogP contribution in [-0.2, 0) is 17.8 Å². The van der Waals surface area contributed by atoms with Crippen LogP contribution < -0.4 is 5.73 Å². The Hall–Kier alpha value is -1.66. The number of hydrogen-bond acceptors (Lipinski definition) is 3. The second-order valence-corrected chi connectivity index (χ2v) is 5.44. The van der Waals surface area contributed by atoms with Gasteiger partial charge in [-0.15, -0.1) is 0 Å². The van der Waals surface area contributed by atoms with Crippen LogP contribution in [-0.4, -0.2) is 56.2 Å². The van der Waals surface area contributed by atoms with Crippen LogP contribution in [0.3, 0.4) is 0 Å². The first kappa shape index (κ1) is 15.7. The molecule has 0 radical (unpaired) electrons. The zero-order chi connectivity index (χ0) is 15.2. The van der Waals surface area contributed by atoms with Crippen molar-refractivity contribution in [1.29, 1.82) is 0 Å². The Bertz CT molecular complexity index is 498. The van der Waals surface area contributed by atoms with Crippen LogP contribution in [0, 0.1) is 5.82 Å².